The molecule has 6 nitrogen and oxygen atoms in total. The zero-order chi connectivity index (χ0) is 13.6. The SMILES string of the molecule is NC(=O)CONS(=O)(=O)/C=C/c1ccc(Cl)cc1. The molecule has 0 unspecified atom stereocenters. The molecule has 1 rings (SSSR count). The number of amides is 1. The van der Waals surface area contributed by atoms with Crippen LogP contribution < -0.4 is 10.6 Å². The molecule has 0 aliphatic carbocycles. The van der Waals surface area contributed by atoms with Crippen LogP contribution in [0.15, 0.2) is 29.7 Å². The van der Waals surface area contributed by atoms with E-state index >= 15 is 0 Å². The van der Waals surface area contributed by atoms with Crippen LogP contribution in [0.1, 0.15) is 5.56 Å². The zero-order valence-electron chi connectivity index (χ0n) is 9.17. The van der Waals surface area contributed by atoms with Crippen LogP contribution >= 0.6 is 11.6 Å². The van der Waals surface area contributed by atoms with Gasteiger partial charge < -0.3 is 5.73 Å². The predicted octanol–water partition coefficient (Wildman–Crippen LogP) is 0.647. The van der Waals surface area contributed by atoms with Gasteiger partial charge in [-0.2, -0.15) is 0 Å². The minimum absolute atomic E-state index is 0.534. The van der Waals surface area contributed by atoms with Crippen LogP contribution in [0.2, 0.25) is 5.02 Å². The first-order valence-electron chi connectivity index (χ1n) is 4.74. The number of hydrogen-bond acceptors (Lipinski definition) is 4. The van der Waals surface area contributed by atoms with E-state index in [4.69, 9.17) is 17.3 Å². The summed E-state index contributed by atoms with van der Waals surface area (Å²) >= 11 is 5.68. The first kappa shape index (κ1) is 14.7. The Bertz CT molecular complexity index is 540. The molecule has 0 aromatic heterocycles. The quantitative estimate of drug-likeness (QED) is 0.751. The maximum Gasteiger partial charge on any atom is 0.255 e. The molecule has 0 aliphatic heterocycles. The summed E-state index contributed by atoms with van der Waals surface area (Å²) < 4.78 is 22.7. The molecule has 18 heavy (non-hydrogen) atoms. The third kappa shape index (κ3) is 5.78. The standard InChI is InChI=1S/C10H11ClN2O4S/c11-9-3-1-8(2-4-9)5-6-18(15,16)13-17-7-10(12)14/h1-6,13H,7H2,(H2,12,14)/b6-5+. The van der Waals surface area contributed by atoms with Crippen LogP contribution in [0, 0.1) is 0 Å². The van der Waals surface area contributed by atoms with Crippen LogP contribution in [-0.4, -0.2) is 20.9 Å². The highest BCUT2D eigenvalue weighted by atomic mass is 35.5. The van der Waals surface area contributed by atoms with Gasteiger partial charge in [-0.1, -0.05) is 28.6 Å². The summed E-state index contributed by atoms with van der Waals surface area (Å²) in [5, 5.41) is 1.45. The normalized spacial score (nSPS) is 11.8. The molecular weight excluding hydrogens is 280 g/mol. The van der Waals surface area contributed by atoms with Gasteiger partial charge in [0.1, 0.15) is 6.61 Å². The first-order valence-corrected chi connectivity index (χ1v) is 6.67. The molecule has 0 saturated heterocycles. The molecule has 0 spiro atoms. The van der Waals surface area contributed by atoms with Gasteiger partial charge in [-0.3, -0.25) is 9.63 Å². The number of carbonyl (C=O) groups is 1. The number of primary amides is 1. The number of benzene rings is 1. The van der Waals surface area contributed by atoms with Crippen LogP contribution in [0.25, 0.3) is 6.08 Å². The van der Waals surface area contributed by atoms with E-state index in [-0.39, 0.29) is 0 Å². The van der Waals surface area contributed by atoms with Crippen molar-refractivity contribution in [2.24, 2.45) is 5.73 Å². The number of nitrogens with one attached hydrogen (secondary N) is 1. The molecule has 0 bridgehead atoms. The maximum absolute atomic E-state index is 11.4. The Morgan fingerprint density at radius 1 is 1.39 bits per heavy atom. The first-order chi connectivity index (χ1) is 8.39. The summed E-state index contributed by atoms with van der Waals surface area (Å²) in [5.74, 6) is -0.778. The molecular formula is C10H11ClN2O4S. The number of rotatable bonds is 6. The molecule has 1 aromatic rings. The van der Waals surface area contributed by atoms with Crippen molar-refractivity contribution in [3.63, 3.8) is 0 Å². The lowest BCUT2D eigenvalue weighted by molar-refractivity contribution is -0.123. The van der Waals surface area contributed by atoms with Crippen LogP contribution in [0.5, 0.6) is 0 Å². The second kappa shape index (κ2) is 6.50. The Kier molecular flexibility index (Phi) is 5.29. The smallest absolute Gasteiger partial charge is 0.255 e. The van der Waals surface area contributed by atoms with Gasteiger partial charge in [-0.25, -0.2) is 8.42 Å². The number of hydrogen-bond donors (Lipinski definition) is 2. The Balaban J connectivity index is 2.59. The fourth-order valence-electron chi connectivity index (χ4n) is 0.953. The minimum Gasteiger partial charge on any atom is -0.368 e. The van der Waals surface area contributed by atoms with Gasteiger partial charge in [-0.15, -0.1) is 0 Å². The minimum atomic E-state index is -3.78. The molecule has 1 amide bonds. The van der Waals surface area contributed by atoms with Crippen molar-refractivity contribution < 1.29 is 18.0 Å². The van der Waals surface area contributed by atoms with Crippen molar-refractivity contribution in [2.45, 2.75) is 0 Å². The lowest BCUT2D eigenvalue weighted by atomic mass is 10.2. The summed E-state index contributed by atoms with van der Waals surface area (Å²) in [5.41, 5.74) is 5.42. The van der Waals surface area contributed by atoms with Crippen molar-refractivity contribution in [2.75, 3.05) is 6.61 Å². The molecule has 0 aliphatic rings. The fraction of sp³-hybridized carbons (Fsp3) is 0.100. The molecule has 0 heterocycles. The molecule has 0 saturated carbocycles. The fourth-order valence-corrected chi connectivity index (χ4v) is 1.69. The van der Waals surface area contributed by atoms with E-state index in [2.05, 4.69) is 4.84 Å². The van der Waals surface area contributed by atoms with Crippen LogP contribution in [0.4, 0.5) is 0 Å². The summed E-state index contributed by atoms with van der Waals surface area (Å²) in [6, 6.07) is 6.56. The Hall–Kier alpha value is -1.41. The van der Waals surface area contributed by atoms with Gasteiger partial charge in [-0.05, 0) is 23.8 Å². The number of halogens is 1. The molecule has 0 fully saturated rings. The molecule has 3 N–H and O–H groups in total. The Morgan fingerprint density at radius 3 is 2.56 bits per heavy atom. The van der Waals surface area contributed by atoms with E-state index in [0.29, 0.717) is 10.6 Å². The Labute approximate surface area is 109 Å². The van der Waals surface area contributed by atoms with Crippen molar-refractivity contribution >= 4 is 33.6 Å². The predicted molar refractivity (Wildman–Crippen MR) is 67.7 cm³/mol. The summed E-state index contributed by atoms with van der Waals surface area (Å²) in [7, 11) is -3.78. The molecule has 98 valence electrons. The molecule has 0 radical (unpaired) electrons. The average molecular weight is 291 g/mol. The average Bonchev–Trinajstić information content (AvgIpc) is 2.27. The monoisotopic (exact) mass is 290 g/mol. The number of sulfonamides is 1. The summed E-state index contributed by atoms with van der Waals surface area (Å²) in [6.07, 6.45) is 1.35. The highest BCUT2D eigenvalue weighted by molar-refractivity contribution is 7.92. The van der Waals surface area contributed by atoms with E-state index < -0.39 is 22.5 Å². The summed E-state index contributed by atoms with van der Waals surface area (Å²) in [6.45, 7) is -0.534. The van der Waals surface area contributed by atoms with Gasteiger partial charge >= 0.3 is 0 Å². The molecule has 0 atom stereocenters. The summed E-state index contributed by atoms with van der Waals surface area (Å²) in [4.78, 5) is 16.4. The van der Waals surface area contributed by atoms with Gasteiger partial charge in [0.25, 0.3) is 10.0 Å². The lowest BCUT2D eigenvalue weighted by Crippen LogP contribution is -2.28. The Morgan fingerprint density at radius 2 is 2.00 bits per heavy atom. The topological polar surface area (TPSA) is 98.5 Å². The molecule has 1 aromatic carbocycles. The van der Waals surface area contributed by atoms with E-state index in [1.807, 2.05) is 0 Å². The van der Waals surface area contributed by atoms with Gasteiger partial charge in [0, 0.05) is 10.4 Å². The van der Waals surface area contributed by atoms with E-state index in [1.165, 1.54) is 6.08 Å². The second-order valence-electron chi connectivity index (χ2n) is 3.24. The largest absolute Gasteiger partial charge is 0.368 e. The van der Waals surface area contributed by atoms with Gasteiger partial charge in [0.05, 0.1) is 0 Å². The van der Waals surface area contributed by atoms with Crippen molar-refractivity contribution in [3.05, 3.63) is 40.3 Å². The van der Waals surface area contributed by atoms with Crippen LogP contribution in [0.3, 0.4) is 0 Å². The third-order valence-corrected chi connectivity index (χ3v) is 2.80. The number of carbonyl (C=O) groups excluding carboxylic acids is 1. The highest BCUT2D eigenvalue weighted by Gasteiger charge is 2.05. The lowest BCUT2D eigenvalue weighted by Gasteiger charge is -2.01. The van der Waals surface area contributed by atoms with E-state index in [0.717, 1.165) is 5.41 Å². The van der Waals surface area contributed by atoms with Crippen LogP contribution in [-0.2, 0) is 19.7 Å². The van der Waals surface area contributed by atoms with Gasteiger partial charge in [0.2, 0.25) is 5.91 Å². The number of nitrogens with two attached hydrogens (primary N) is 1. The zero-order valence-corrected chi connectivity index (χ0v) is 10.7. The van der Waals surface area contributed by atoms with Crippen molar-refractivity contribution in [3.8, 4) is 0 Å². The molecule has 8 heteroatoms. The van der Waals surface area contributed by atoms with Crippen molar-refractivity contribution in [1.82, 2.24) is 4.89 Å². The second-order valence-corrected chi connectivity index (χ2v) is 5.20. The highest BCUT2D eigenvalue weighted by Crippen LogP contribution is 2.10. The van der Waals surface area contributed by atoms with Gasteiger partial charge in [0.15, 0.2) is 0 Å². The van der Waals surface area contributed by atoms with E-state index in [1.54, 1.807) is 29.2 Å². The maximum atomic E-state index is 11.4. The van der Waals surface area contributed by atoms with Crippen molar-refractivity contribution in [1.29, 1.82) is 0 Å². The van der Waals surface area contributed by atoms with E-state index in [9.17, 15) is 13.2 Å². The third-order valence-electron chi connectivity index (χ3n) is 1.70.